The molecule has 0 radical (unpaired) electrons. The molecule has 1 aromatic rings. The summed E-state index contributed by atoms with van der Waals surface area (Å²) in [6.45, 7) is 8.43. The van der Waals surface area contributed by atoms with Crippen LogP contribution < -0.4 is 0 Å². The molecule has 0 N–H and O–H groups in total. The maximum Gasteiger partial charge on any atom is 0.0839 e. The first-order valence-corrected chi connectivity index (χ1v) is 6.05. The Kier molecular flexibility index (Phi) is 4.72. The fourth-order valence-electron chi connectivity index (χ4n) is 2.09. The van der Waals surface area contributed by atoms with Crippen LogP contribution in [0.1, 0.15) is 32.3 Å². The van der Waals surface area contributed by atoms with E-state index in [0.29, 0.717) is 0 Å². The zero-order valence-corrected chi connectivity index (χ0v) is 11.3. The van der Waals surface area contributed by atoms with Crippen molar-refractivity contribution in [3.63, 3.8) is 0 Å². The van der Waals surface area contributed by atoms with Crippen LogP contribution in [-0.2, 0) is 0 Å². The maximum atomic E-state index is 9.25. The highest BCUT2D eigenvalue weighted by molar-refractivity contribution is 5.25. The van der Waals surface area contributed by atoms with Gasteiger partial charge in [-0.05, 0) is 18.0 Å². The van der Waals surface area contributed by atoms with Gasteiger partial charge in [0.15, 0.2) is 0 Å². The first-order valence-electron chi connectivity index (χ1n) is 6.05. The lowest BCUT2D eigenvalue weighted by atomic mass is 9.94. The van der Waals surface area contributed by atoms with E-state index in [9.17, 15) is 5.26 Å². The van der Waals surface area contributed by atoms with Gasteiger partial charge in [-0.1, -0.05) is 51.1 Å². The van der Waals surface area contributed by atoms with Crippen LogP contribution in [0.15, 0.2) is 30.3 Å². The number of nitriles is 1. The van der Waals surface area contributed by atoms with E-state index in [1.807, 2.05) is 30.3 Å². The van der Waals surface area contributed by atoms with Crippen molar-refractivity contribution in [3.8, 4) is 6.07 Å². The Bertz CT molecular complexity index is 370. The van der Waals surface area contributed by atoms with Crippen LogP contribution in [0, 0.1) is 16.7 Å². The highest BCUT2D eigenvalue weighted by Crippen LogP contribution is 2.19. The van der Waals surface area contributed by atoms with E-state index in [4.69, 9.17) is 0 Å². The Morgan fingerprint density at radius 1 is 1.24 bits per heavy atom. The second-order valence-electron chi connectivity index (χ2n) is 5.85. The molecule has 1 unspecified atom stereocenters. The van der Waals surface area contributed by atoms with Gasteiger partial charge in [0.05, 0.1) is 12.0 Å². The van der Waals surface area contributed by atoms with Gasteiger partial charge in [0.1, 0.15) is 0 Å². The summed E-state index contributed by atoms with van der Waals surface area (Å²) in [4.78, 5) is 2.24. The molecule has 0 aliphatic carbocycles. The molecule has 1 atom stereocenters. The van der Waals surface area contributed by atoms with Crippen LogP contribution in [0.4, 0.5) is 0 Å². The van der Waals surface area contributed by atoms with Crippen LogP contribution >= 0.6 is 0 Å². The Morgan fingerprint density at radius 2 is 1.82 bits per heavy atom. The molecule has 0 spiro atoms. The lowest BCUT2D eigenvalue weighted by Crippen LogP contribution is -2.32. The highest BCUT2D eigenvalue weighted by atomic mass is 15.1. The summed E-state index contributed by atoms with van der Waals surface area (Å²) >= 11 is 0. The third-order valence-corrected chi connectivity index (χ3v) is 2.60. The Balaban J connectivity index is 2.63. The van der Waals surface area contributed by atoms with Crippen LogP contribution in [0.2, 0.25) is 0 Å². The van der Waals surface area contributed by atoms with Gasteiger partial charge in [0, 0.05) is 13.1 Å². The minimum atomic E-state index is -0.0384. The topological polar surface area (TPSA) is 27.0 Å². The van der Waals surface area contributed by atoms with Crippen LogP contribution in [0.5, 0.6) is 0 Å². The normalized spacial score (nSPS) is 13.4. The molecule has 0 aliphatic heterocycles. The first kappa shape index (κ1) is 13.7. The predicted octanol–water partition coefficient (Wildman–Crippen LogP) is 3.27. The van der Waals surface area contributed by atoms with Gasteiger partial charge in [-0.25, -0.2) is 0 Å². The van der Waals surface area contributed by atoms with Gasteiger partial charge >= 0.3 is 0 Å². The molecule has 1 rings (SSSR count). The second kappa shape index (κ2) is 5.84. The maximum absolute atomic E-state index is 9.25. The smallest absolute Gasteiger partial charge is 0.0839 e. The molecule has 0 saturated heterocycles. The third-order valence-electron chi connectivity index (χ3n) is 2.60. The van der Waals surface area contributed by atoms with Gasteiger partial charge < -0.3 is 4.90 Å². The van der Waals surface area contributed by atoms with Crippen molar-refractivity contribution in [2.24, 2.45) is 5.41 Å². The van der Waals surface area contributed by atoms with Crippen molar-refractivity contribution in [1.82, 2.24) is 4.90 Å². The summed E-state index contributed by atoms with van der Waals surface area (Å²) in [5.74, 6) is -0.0384. The van der Waals surface area contributed by atoms with Gasteiger partial charge in [-0.15, -0.1) is 0 Å². The third kappa shape index (κ3) is 5.01. The van der Waals surface area contributed by atoms with E-state index in [2.05, 4.69) is 38.8 Å². The molecule has 0 amide bonds. The number of rotatable bonds is 4. The monoisotopic (exact) mass is 230 g/mol. The van der Waals surface area contributed by atoms with E-state index >= 15 is 0 Å². The van der Waals surface area contributed by atoms with Crippen molar-refractivity contribution in [2.75, 3.05) is 20.1 Å². The minimum Gasteiger partial charge on any atom is -0.304 e. The molecule has 92 valence electrons. The van der Waals surface area contributed by atoms with Crippen molar-refractivity contribution in [1.29, 1.82) is 5.26 Å². The summed E-state index contributed by atoms with van der Waals surface area (Å²) < 4.78 is 0. The van der Waals surface area contributed by atoms with Crippen LogP contribution in [-0.4, -0.2) is 25.0 Å². The van der Waals surface area contributed by atoms with Gasteiger partial charge in [0.2, 0.25) is 0 Å². The SMILES string of the molecule is CN(CC(C#N)c1ccccc1)CC(C)(C)C. The average Bonchev–Trinajstić information content (AvgIpc) is 2.24. The lowest BCUT2D eigenvalue weighted by molar-refractivity contribution is 0.224. The zero-order valence-electron chi connectivity index (χ0n) is 11.3. The summed E-state index contributed by atoms with van der Waals surface area (Å²) in [5.41, 5.74) is 1.38. The quantitative estimate of drug-likeness (QED) is 0.793. The number of nitrogens with zero attached hydrogens (tertiary/aromatic N) is 2. The predicted molar refractivity (Wildman–Crippen MR) is 71.7 cm³/mol. The molecular weight excluding hydrogens is 208 g/mol. The largest absolute Gasteiger partial charge is 0.304 e. The van der Waals surface area contributed by atoms with E-state index in [1.54, 1.807) is 0 Å². The summed E-state index contributed by atoms with van der Waals surface area (Å²) in [7, 11) is 2.08. The lowest BCUT2D eigenvalue weighted by Gasteiger charge is -2.27. The highest BCUT2D eigenvalue weighted by Gasteiger charge is 2.17. The Hall–Kier alpha value is -1.33. The molecule has 0 saturated carbocycles. The molecule has 0 heterocycles. The van der Waals surface area contributed by atoms with Crippen LogP contribution in [0.25, 0.3) is 0 Å². The fourth-order valence-corrected chi connectivity index (χ4v) is 2.09. The minimum absolute atomic E-state index is 0.0384. The Morgan fingerprint density at radius 3 is 2.29 bits per heavy atom. The number of benzene rings is 1. The van der Waals surface area contributed by atoms with E-state index in [-0.39, 0.29) is 11.3 Å². The van der Waals surface area contributed by atoms with E-state index < -0.39 is 0 Å². The van der Waals surface area contributed by atoms with Crippen molar-refractivity contribution < 1.29 is 0 Å². The molecule has 0 aromatic heterocycles. The van der Waals surface area contributed by atoms with Gasteiger partial charge in [-0.3, -0.25) is 0 Å². The fraction of sp³-hybridized carbons (Fsp3) is 0.533. The van der Waals surface area contributed by atoms with Crippen molar-refractivity contribution in [2.45, 2.75) is 26.7 Å². The van der Waals surface area contributed by atoms with Crippen LogP contribution in [0.3, 0.4) is 0 Å². The zero-order chi connectivity index (χ0) is 12.9. The van der Waals surface area contributed by atoms with Gasteiger partial charge in [0.25, 0.3) is 0 Å². The average molecular weight is 230 g/mol. The number of likely N-dealkylation sites (N-methyl/N-ethyl adjacent to an activating group) is 1. The molecule has 17 heavy (non-hydrogen) atoms. The number of hydrogen-bond donors (Lipinski definition) is 0. The van der Waals surface area contributed by atoms with Crippen molar-refractivity contribution >= 4 is 0 Å². The Labute approximate surface area is 105 Å². The molecule has 0 bridgehead atoms. The summed E-state index contributed by atoms with van der Waals surface area (Å²) in [6.07, 6.45) is 0. The molecule has 0 fully saturated rings. The van der Waals surface area contributed by atoms with E-state index in [1.165, 1.54) is 0 Å². The first-order chi connectivity index (χ1) is 7.92. The van der Waals surface area contributed by atoms with E-state index in [0.717, 1.165) is 18.7 Å². The molecule has 2 heteroatoms. The van der Waals surface area contributed by atoms with Crippen molar-refractivity contribution in [3.05, 3.63) is 35.9 Å². The summed E-state index contributed by atoms with van der Waals surface area (Å²) in [5, 5.41) is 9.25. The summed E-state index contributed by atoms with van der Waals surface area (Å²) in [6, 6.07) is 12.4. The van der Waals surface area contributed by atoms with Gasteiger partial charge in [-0.2, -0.15) is 5.26 Å². The molecule has 1 aromatic carbocycles. The molecular formula is C15H22N2. The molecule has 2 nitrogen and oxygen atoms in total. The molecule has 0 aliphatic rings. The number of hydrogen-bond acceptors (Lipinski definition) is 2. The standard InChI is InChI=1S/C15H22N2/c1-15(2,3)12-17(4)11-14(10-16)13-8-6-5-7-9-13/h5-9,14H,11-12H2,1-4H3. The second-order valence-corrected chi connectivity index (χ2v) is 5.85.